The minimum atomic E-state index is 0. The fraction of sp³-hybridized carbons (Fsp3) is 0.500. The third-order valence-corrected chi connectivity index (χ3v) is 4.55. The second kappa shape index (κ2) is 14.4. The van der Waals surface area contributed by atoms with Crippen molar-refractivity contribution in [2.45, 2.75) is 19.9 Å². The zero-order chi connectivity index (χ0) is 20.2. The third kappa shape index (κ3) is 9.18. The van der Waals surface area contributed by atoms with Crippen LogP contribution >= 0.6 is 24.0 Å². The number of hydrogen-bond acceptors (Lipinski definition) is 4. The molecule has 162 valence electrons. The molecular formula is C22H35IN4O2. The fourth-order valence-corrected chi connectivity index (χ4v) is 2.97. The van der Waals surface area contributed by atoms with Crippen molar-refractivity contribution < 1.29 is 9.47 Å². The van der Waals surface area contributed by atoms with Crippen LogP contribution < -0.4 is 15.4 Å². The van der Waals surface area contributed by atoms with Crippen molar-refractivity contribution in [3.63, 3.8) is 0 Å². The number of halogens is 1. The van der Waals surface area contributed by atoms with Gasteiger partial charge in [0.25, 0.3) is 0 Å². The Hall–Kier alpha value is -1.58. The largest absolute Gasteiger partial charge is 0.497 e. The van der Waals surface area contributed by atoms with Gasteiger partial charge in [0.15, 0.2) is 5.96 Å². The van der Waals surface area contributed by atoms with Crippen molar-refractivity contribution >= 4 is 40.7 Å². The second-order valence-electron chi connectivity index (χ2n) is 6.82. The molecule has 7 heteroatoms. The Labute approximate surface area is 192 Å². The Balaban J connectivity index is 0.00000420. The van der Waals surface area contributed by atoms with Crippen molar-refractivity contribution in [2.75, 3.05) is 54.1 Å². The molecule has 29 heavy (non-hydrogen) atoms. The number of methoxy groups -OCH3 is 2. The van der Waals surface area contributed by atoms with Crippen LogP contribution in [-0.2, 0) is 11.3 Å². The first kappa shape index (κ1) is 25.5. The van der Waals surface area contributed by atoms with E-state index in [0.717, 1.165) is 50.9 Å². The van der Waals surface area contributed by atoms with Crippen molar-refractivity contribution in [1.29, 1.82) is 0 Å². The van der Waals surface area contributed by atoms with Crippen LogP contribution in [0.25, 0.3) is 10.8 Å². The van der Waals surface area contributed by atoms with Gasteiger partial charge in [0, 0.05) is 39.9 Å². The molecule has 0 bridgehead atoms. The van der Waals surface area contributed by atoms with Crippen molar-refractivity contribution in [3.05, 3.63) is 42.0 Å². The molecule has 0 aliphatic heterocycles. The van der Waals surface area contributed by atoms with Gasteiger partial charge in [-0.05, 0) is 54.9 Å². The van der Waals surface area contributed by atoms with Crippen LogP contribution in [0.15, 0.2) is 41.4 Å². The summed E-state index contributed by atoms with van der Waals surface area (Å²) in [4.78, 5) is 7.03. The number of guanidine groups is 1. The van der Waals surface area contributed by atoms with Crippen LogP contribution in [0.2, 0.25) is 0 Å². The highest BCUT2D eigenvalue weighted by Gasteiger charge is 2.02. The molecule has 0 radical (unpaired) electrons. The van der Waals surface area contributed by atoms with E-state index >= 15 is 0 Å². The van der Waals surface area contributed by atoms with Gasteiger partial charge in [-0.15, -0.1) is 24.0 Å². The van der Waals surface area contributed by atoms with Gasteiger partial charge in [-0.25, -0.2) is 4.99 Å². The molecule has 2 aromatic rings. The fourth-order valence-electron chi connectivity index (χ4n) is 2.97. The molecule has 0 heterocycles. The minimum Gasteiger partial charge on any atom is -0.497 e. The maximum absolute atomic E-state index is 5.29. The van der Waals surface area contributed by atoms with Gasteiger partial charge in [0.1, 0.15) is 5.75 Å². The van der Waals surface area contributed by atoms with Gasteiger partial charge < -0.3 is 25.0 Å². The topological polar surface area (TPSA) is 58.1 Å². The summed E-state index contributed by atoms with van der Waals surface area (Å²) in [7, 11) is 5.56. The summed E-state index contributed by atoms with van der Waals surface area (Å²) < 4.78 is 10.4. The lowest BCUT2D eigenvalue weighted by atomic mass is 10.1. The molecule has 0 saturated carbocycles. The van der Waals surface area contributed by atoms with Crippen LogP contribution in [0.3, 0.4) is 0 Å². The van der Waals surface area contributed by atoms with Gasteiger partial charge in [-0.3, -0.25) is 0 Å². The Morgan fingerprint density at radius 2 is 1.79 bits per heavy atom. The first-order valence-corrected chi connectivity index (χ1v) is 9.92. The quantitative estimate of drug-likeness (QED) is 0.208. The lowest BCUT2D eigenvalue weighted by Gasteiger charge is -2.18. The van der Waals surface area contributed by atoms with Gasteiger partial charge in [-0.2, -0.15) is 0 Å². The number of hydrogen-bond donors (Lipinski definition) is 2. The normalized spacial score (nSPS) is 11.4. The highest BCUT2D eigenvalue weighted by Crippen LogP contribution is 2.22. The number of benzene rings is 2. The van der Waals surface area contributed by atoms with Crippen molar-refractivity contribution in [3.8, 4) is 5.75 Å². The Morgan fingerprint density at radius 1 is 1.03 bits per heavy atom. The number of ether oxygens (including phenoxy) is 2. The molecular weight excluding hydrogens is 479 g/mol. The van der Waals surface area contributed by atoms with Gasteiger partial charge in [0.05, 0.1) is 13.7 Å². The van der Waals surface area contributed by atoms with Crippen LogP contribution in [0.5, 0.6) is 5.75 Å². The lowest BCUT2D eigenvalue weighted by molar-refractivity contribution is 0.180. The molecule has 0 saturated heterocycles. The van der Waals surface area contributed by atoms with Gasteiger partial charge >= 0.3 is 0 Å². The Kier molecular flexibility index (Phi) is 12.6. The number of fused-ring (bicyclic) bond motifs is 1. The van der Waals surface area contributed by atoms with E-state index in [9.17, 15) is 0 Å². The maximum atomic E-state index is 5.29. The predicted molar refractivity (Wildman–Crippen MR) is 133 cm³/mol. The van der Waals surface area contributed by atoms with E-state index in [1.54, 1.807) is 14.2 Å². The molecule has 0 unspecified atom stereocenters. The highest BCUT2D eigenvalue weighted by atomic mass is 127. The van der Waals surface area contributed by atoms with Gasteiger partial charge in [0.2, 0.25) is 0 Å². The monoisotopic (exact) mass is 514 g/mol. The van der Waals surface area contributed by atoms with E-state index in [4.69, 9.17) is 14.5 Å². The molecule has 0 aromatic heterocycles. The molecule has 2 aromatic carbocycles. The smallest absolute Gasteiger partial charge is 0.191 e. The third-order valence-electron chi connectivity index (χ3n) is 4.55. The lowest BCUT2D eigenvalue weighted by Crippen LogP contribution is -2.41. The number of rotatable bonds is 11. The zero-order valence-corrected chi connectivity index (χ0v) is 20.4. The summed E-state index contributed by atoms with van der Waals surface area (Å²) in [6.07, 6.45) is 1.05. The van der Waals surface area contributed by atoms with E-state index in [2.05, 4.69) is 59.8 Å². The van der Waals surface area contributed by atoms with Gasteiger partial charge in [-0.1, -0.05) is 18.2 Å². The van der Waals surface area contributed by atoms with E-state index < -0.39 is 0 Å². The Morgan fingerprint density at radius 3 is 2.52 bits per heavy atom. The number of nitrogens with zero attached hydrogens (tertiary/aromatic N) is 2. The number of likely N-dealkylation sites (N-methyl/N-ethyl adjacent to an activating group) is 1. The first-order valence-electron chi connectivity index (χ1n) is 9.92. The summed E-state index contributed by atoms with van der Waals surface area (Å²) in [6.45, 7) is 7.22. The molecule has 2 N–H and O–H groups in total. The summed E-state index contributed by atoms with van der Waals surface area (Å²) in [5, 5.41) is 9.10. The highest BCUT2D eigenvalue weighted by molar-refractivity contribution is 14.0. The molecule has 0 aliphatic carbocycles. The summed E-state index contributed by atoms with van der Waals surface area (Å²) in [6, 6.07) is 12.6. The SMILES string of the molecule is CCNC(=NCc1ccc2cc(OC)ccc2c1)NCCN(C)CCCOC.I. The molecule has 6 nitrogen and oxygen atoms in total. The van der Waals surface area contributed by atoms with Crippen LogP contribution in [0.4, 0.5) is 0 Å². The standard InChI is InChI=1S/C22H34N4O2.HI/c1-5-23-22(24-11-13-26(2)12-6-14-27-3)25-17-18-7-8-20-16-21(28-4)10-9-19(20)15-18;/h7-10,15-16H,5-6,11-14,17H2,1-4H3,(H2,23,24,25);1H. The molecule has 2 rings (SSSR count). The minimum absolute atomic E-state index is 0. The number of nitrogens with one attached hydrogen (secondary N) is 2. The van der Waals surface area contributed by atoms with Crippen molar-refractivity contribution in [2.24, 2.45) is 4.99 Å². The summed E-state index contributed by atoms with van der Waals surface area (Å²) in [5.74, 6) is 1.73. The molecule has 0 atom stereocenters. The first-order chi connectivity index (χ1) is 13.7. The maximum Gasteiger partial charge on any atom is 0.191 e. The van der Waals surface area contributed by atoms with E-state index in [0.29, 0.717) is 6.54 Å². The Bertz CT molecular complexity index is 755. The molecule has 0 aliphatic rings. The summed E-state index contributed by atoms with van der Waals surface area (Å²) >= 11 is 0. The average Bonchev–Trinajstić information content (AvgIpc) is 2.71. The van der Waals surface area contributed by atoms with Crippen molar-refractivity contribution in [1.82, 2.24) is 15.5 Å². The average molecular weight is 514 g/mol. The van der Waals surface area contributed by atoms with E-state index in [-0.39, 0.29) is 24.0 Å². The van der Waals surface area contributed by atoms with Crippen LogP contribution in [-0.4, -0.2) is 64.9 Å². The molecule has 0 fully saturated rings. The molecule has 0 spiro atoms. The number of aliphatic imine (C=N–C) groups is 1. The van der Waals surface area contributed by atoms with Crippen LogP contribution in [0.1, 0.15) is 18.9 Å². The van der Waals surface area contributed by atoms with E-state index in [1.807, 2.05) is 6.07 Å². The predicted octanol–water partition coefficient (Wildman–Crippen LogP) is 3.49. The second-order valence-corrected chi connectivity index (χ2v) is 6.82. The zero-order valence-electron chi connectivity index (χ0n) is 18.0. The van der Waals surface area contributed by atoms with E-state index in [1.165, 1.54) is 16.3 Å². The van der Waals surface area contributed by atoms with Crippen LogP contribution in [0, 0.1) is 0 Å². The molecule has 0 amide bonds. The summed E-state index contributed by atoms with van der Waals surface area (Å²) in [5.41, 5.74) is 1.19.